The van der Waals surface area contributed by atoms with Crippen molar-refractivity contribution in [2.75, 3.05) is 0 Å². The number of hydrogen-bond donors (Lipinski definition) is 0. The van der Waals surface area contributed by atoms with Crippen molar-refractivity contribution in [1.82, 2.24) is 19.7 Å². The summed E-state index contributed by atoms with van der Waals surface area (Å²) in [7, 11) is 1.75. The molecule has 0 saturated carbocycles. The standard InChI is InChI=1S/C9H7N5/c1-14-8(5-10)12-13-9(14)7-3-2-4-11-6-7/h2-4,6H,1H3. The van der Waals surface area contributed by atoms with Crippen LogP contribution >= 0.6 is 0 Å². The fourth-order valence-electron chi connectivity index (χ4n) is 1.17. The Labute approximate surface area is 80.7 Å². The van der Waals surface area contributed by atoms with E-state index in [0.717, 1.165) is 5.56 Å². The molecule has 2 aromatic rings. The van der Waals surface area contributed by atoms with Gasteiger partial charge in [-0.25, -0.2) is 0 Å². The zero-order chi connectivity index (χ0) is 9.97. The highest BCUT2D eigenvalue weighted by Gasteiger charge is 2.08. The van der Waals surface area contributed by atoms with Gasteiger partial charge in [0.25, 0.3) is 0 Å². The summed E-state index contributed by atoms with van der Waals surface area (Å²) in [5.41, 5.74) is 0.851. The number of nitrogens with zero attached hydrogens (tertiary/aromatic N) is 5. The molecule has 0 aliphatic heterocycles. The van der Waals surface area contributed by atoms with Gasteiger partial charge in [-0.2, -0.15) is 5.26 Å². The molecule has 0 bridgehead atoms. The molecule has 0 aliphatic rings. The van der Waals surface area contributed by atoms with Gasteiger partial charge in [0, 0.05) is 25.0 Å². The van der Waals surface area contributed by atoms with Crippen LogP contribution in [0.25, 0.3) is 11.4 Å². The number of rotatable bonds is 1. The predicted octanol–water partition coefficient (Wildman–Crippen LogP) is 0.749. The Kier molecular flexibility index (Phi) is 1.95. The molecule has 0 saturated heterocycles. The lowest BCUT2D eigenvalue weighted by atomic mass is 10.3. The minimum absolute atomic E-state index is 0.295. The van der Waals surface area contributed by atoms with Crippen molar-refractivity contribution < 1.29 is 0 Å². The van der Waals surface area contributed by atoms with E-state index in [1.165, 1.54) is 0 Å². The van der Waals surface area contributed by atoms with Gasteiger partial charge >= 0.3 is 0 Å². The molecule has 68 valence electrons. The molecule has 2 rings (SSSR count). The molecule has 0 aromatic carbocycles. The van der Waals surface area contributed by atoms with Gasteiger partial charge in [-0.05, 0) is 12.1 Å². The van der Waals surface area contributed by atoms with Crippen LogP contribution in [-0.4, -0.2) is 19.7 Å². The summed E-state index contributed by atoms with van der Waals surface area (Å²) in [4.78, 5) is 3.97. The van der Waals surface area contributed by atoms with Crippen molar-refractivity contribution in [3.05, 3.63) is 30.4 Å². The Morgan fingerprint density at radius 2 is 2.29 bits per heavy atom. The van der Waals surface area contributed by atoms with E-state index in [-0.39, 0.29) is 0 Å². The van der Waals surface area contributed by atoms with E-state index in [4.69, 9.17) is 5.26 Å². The Morgan fingerprint density at radius 1 is 1.43 bits per heavy atom. The molecule has 0 fully saturated rings. The summed E-state index contributed by atoms with van der Waals surface area (Å²) >= 11 is 0. The third-order valence-electron chi connectivity index (χ3n) is 1.89. The molecular formula is C9H7N5. The Hall–Kier alpha value is -2.22. The highest BCUT2D eigenvalue weighted by Crippen LogP contribution is 2.14. The number of pyridine rings is 1. The lowest BCUT2D eigenvalue weighted by molar-refractivity contribution is 0.896. The van der Waals surface area contributed by atoms with Gasteiger partial charge in [0.2, 0.25) is 5.82 Å². The smallest absolute Gasteiger partial charge is 0.235 e. The number of aromatic nitrogens is 4. The van der Waals surface area contributed by atoms with E-state index in [0.29, 0.717) is 11.6 Å². The lowest BCUT2D eigenvalue weighted by Crippen LogP contribution is -1.95. The minimum Gasteiger partial charge on any atom is -0.302 e. The normalized spacial score (nSPS) is 9.71. The molecule has 14 heavy (non-hydrogen) atoms. The molecule has 5 heteroatoms. The van der Waals surface area contributed by atoms with Crippen molar-refractivity contribution in [3.63, 3.8) is 0 Å². The summed E-state index contributed by atoms with van der Waals surface area (Å²) in [5, 5.41) is 16.3. The van der Waals surface area contributed by atoms with Crippen LogP contribution in [0, 0.1) is 11.3 Å². The summed E-state index contributed by atoms with van der Waals surface area (Å²) < 4.78 is 1.64. The van der Waals surface area contributed by atoms with E-state index in [1.807, 2.05) is 18.2 Å². The topological polar surface area (TPSA) is 67.4 Å². The first kappa shape index (κ1) is 8.38. The van der Waals surface area contributed by atoms with E-state index < -0.39 is 0 Å². The van der Waals surface area contributed by atoms with Crippen molar-refractivity contribution in [2.45, 2.75) is 0 Å². The quantitative estimate of drug-likeness (QED) is 0.657. The average Bonchev–Trinajstić information content (AvgIpc) is 2.61. The van der Waals surface area contributed by atoms with Gasteiger partial charge in [0.1, 0.15) is 6.07 Å². The maximum atomic E-state index is 8.69. The molecule has 0 atom stereocenters. The van der Waals surface area contributed by atoms with Crippen molar-refractivity contribution >= 4 is 0 Å². The van der Waals surface area contributed by atoms with Crippen molar-refractivity contribution in [3.8, 4) is 17.5 Å². The molecule has 0 spiro atoms. The lowest BCUT2D eigenvalue weighted by Gasteiger charge is -1.98. The predicted molar refractivity (Wildman–Crippen MR) is 48.9 cm³/mol. The minimum atomic E-state index is 0.295. The van der Waals surface area contributed by atoms with Crippen LogP contribution in [0.15, 0.2) is 24.5 Å². The van der Waals surface area contributed by atoms with Crippen LogP contribution in [-0.2, 0) is 7.05 Å². The van der Waals surface area contributed by atoms with E-state index in [9.17, 15) is 0 Å². The van der Waals surface area contributed by atoms with Crippen LogP contribution in [0.5, 0.6) is 0 Å². The maximum absolute atomic E-state index is 8.69. The highest BCUT2D eigenvalue weighted by molar-refractivity contribution is 5.53. The zero-order valence-electron chi connectivity index (χ0n) is 7.55. The first-order chi connectivity index (χ1) is 6.83. The van der Waals surface area contributed by atoms with Crippen LogP contribution in [0.1, 0.15) is 5.82 Å². The third-order valence-corrected chi connectivity index (χ3v) is 1.89. The monoisotopic (exact) mass is 185 g/mol. The molecule has 0 aliphatic carbocycles. The highest BCUT2D eigenvalue weighted by atomic mass is 15.3. The molecule has 0 amide bonds. The zero-order valence-corrected chi connectivity index (χ0v) is 7.55. The summed E-state index contributed by atoms with van der Waals surface area (Å²) in [5.74, 6) is 0.943. The van der Waals surface area contributed by atoms with E-state index in [2.05, 4.69) is 15.2 Å². The third kappa shape index (κ3) is 1.23. The summed E-state index contributed by atoms with van der Waals surface area (Å²) in [6, 6.07) is 5.64. The number of nitriles is 1. The first-order valence-electron chi connectivity index (χ1n) is 4.03. The van der Waals surface area contributed by atoms with Gasteiger partial charge in [-0.3, -0.25) is 4.98 Å². The van der Waals surface area contributed by atoms with Gasteiger partial charge < -0.3 is 4.57 Å². The SMILES string of the molecule is Cn1c(C#N)nnc1-c1cccnc1. The van der Waals surface area contributed by atoms with Gasteiger partial charge in [0.15, 0.2) is 5.82 Å². The molecule has 2 heterocycles. The van der Waals surface area contributed by atoms with Crippen molar-refractivity contribution in [1.29, 1.82) is 5.26 Å². The fourth-order valence-corrected chi connectivity index (χ4v) is 1.17. The van der Waals surface area contributed by atoms with Gasteiger partial charge in [-0.15, -0.1) is 10.2 Å². The molecule has 2 aromatic heterocycles. The van der Waals surface area contributed by atoms with Crippen LogP contribution in [0.4, 0.5) is 0 Å². The maximum Gasteiger partial charge on any atom is 0.235 e. The average molecular weight is 185 g/mol. The fraction of sp³-hybridized carbons (Fsp3) is 0.111. The summed E-state index contributed by atoms with van der Waals surface area (Å²) in [6.07, 6.45) is 3.37. The molecule has 0 N–H and O–H groups in total. The van der Waals surface area contributed by atoms with Gasteiger partial charge in [0.05, 0.1) is 0 Å². The van der Waals surface area contributed by atoms with Gasteiger partial charge in [-0.1, -0.05) is 0 Å². The van der Waals surface area contributed by atoms with Crippen LogP contribution in [0.2, 0.25) is 0 Å². The van der Waals surface area contributed by atoms with Crippen LogP contribution in [0.3, 0.4) is 0 Å². The van der Waals surface area contributed by atoms with Crippen LogP contribution < -0.4 is 0 Å². The summed E-state index contributed by atoms with van der Waals surface area (Å²) in [6.45, 7) is 0. The second-order valence-electron chi connectivity index (χ2n) is 2.76. The van der Waals surface area contributed by atoms with Crippen molar-refractivity contribution in [2.24, 2.45) is 7.05 Å². The molecule has 0 radical (unpaired) electrons. The largest absolute Gasteiger partial charge is 0.302 e. The van der Waals surface area contributed by atoms with E-state index in [1.54, 1.807) is 24.0 Å². The Morgan fingerprint density at radius 3 is 2.86 bits per heavy atom. The Balaban J connectivity index is 2.54. The molecule has 5 nitrogen and oxygen atoms in total. The number of hydrogen-bond acceptors (Lipinski definition) is 4. The second-order valence-corrected chi connectivity index (χ2v) is 2.76. The second kappa shape index (κ2) is 3.26. The van der Waals surface area contributed by atoms with E-state index >= 15 is 0 Å². The Bertz CT molecular complexity index is 480. The molecular weight excluding hydrogens is 178 g/mol. The first-order valence-corrected chi connectivity index (χ1v) is 4.03. The molecule has 0 unspecified atom stereocenters.